The molecule has 0 spiro atoms. The van der Waals surface area contributed by atoms with Gasteiger partial charge < -0.3 is 20.3 Å². The van der Waals surface area contributed by atoms with Crippen LogP contribution in [0.3, 0.4) is 0 Å². The summed E-state index contributed by atoms with van der Waals surface area (Å²) in [5, 5.41) is 6.01. The van der Waals surface area contributed by atoms with Gasteiger partial charge >= 0.3 is 6.03 Å². The third kappa shape index (κ3) is 4.92. The Kier molecular flexibility index (Phi) is 6.38. The molecule has 1 aromatic carbocycles. The molecule has 138 valence electrons. The fourth-order valence-electron chi connectivity index (χ4n) is 3.00. The number of anilines is 2. The van der Waals surface area contributed by atoms with E-state index in [1.807, 2.05) is 37.3 Å². The maximum absolute atomic E-state index is 12.4. The van der Waals surface area contributed by atoms with Gasteiger partial charge in [-0.15, -0.1) is 0 Å². The summed E-state index contributed by atoms with van der Waals surface area (Å²) >= 11 is 0. The molecule has 0 radical (unpaired) electrons. The van der Waals surface area contributed by atoms with Crippen molar-refractivity contribution in [2.24, 2.45) is 0 Å². The third-order valence-electron chi connectivity index (χ3n) is 4.39. The first-order valence-corrected chi connectivity index (χ1v) is 9.01. The van der Waals surface area contributed by atoms with Crippen molar-refractivity contribution in [3.05, 3.63) is 48.3 Å². The van der Waals surface area contributed by atoms with Crippen molar-refractivity contribution >= 4 is 17.7 Å². The Morgan fingerprint density at radius 1 is 1.19 bits per heavy atom. The van der Waals surface area contributed by atoms with Crippen LogP contribution in [-0.4, -0.2) is 41.7 Å². The van der Waals surface area contributed by atoms with Crippen LogP contribution in [0.5, 0.6) is 0 Å². The Morgan fingerprint density at radius 3 is 2.65 bits per heavy atom. The molecule has 3 rings (SSSR count). The summed E-state index contributed by atoms with van der Waals surface area (Å²) in [5.41, 5.74) is 1.76. The van der Waals surface area contributed by atoms with Gasteiger partial charge in [0, 0.05) is 49.4 Å². The van der Waals surface area contributed by atoms with Crippen LogP contribution in [0, 0.1) is 0 Å². The lowest BCUT2D eigenvalue weighted by Gasteiger charge is -2.32. The molecule has 0 unspecified atom stereocenters. The van der Waals surface area contributed by atoms with E-state index in [1.54, 1.807) is 12.4 Å². The van der Waals surface area contributed by atoms with Crippen LogP contribution < -0.4 is 15.5 Å². The molecule has 1 saturated heterocycles. The molecule has 7 nitrogen and oxygen atoms in total. The highest BCUT2D eigenvalue weighted by Gasteiger charge is 2.22. The van der Waals surface area contributed by atoms with Gasteiger partial charge in [-0.1, -0.05) is 18.2 Å². The van der Waals surface area contributed by atoms with Crippen molar-refractivity contribution in [1.29, 1.82) is 0 Å². The van der Waals surface area contributed by atoms with Gasteiger partial charge in [-0.2, -0.15) is 0 Å². The minimum Gasteiger partial charge on any atom is -0.377 e. The monoisotopic (exact) mass is 355 g/mol. The summed E-state index contributed by atoms with van der Waals surface area (Å²) in [5.74, 6) is 0.750. The molecule has 1 aliphatic heterocycles. The smallest absolute Gasteiger partial charge is 0.319 e. The predicted octanol–water partition coefficient (Wildman–Crippen LogP) is 2.80. The van der Waals surface area contributed by atoms with Crippen LogP contribution in [0.1, 0.15) is 25.3 Å². The Morgan fingerprint density at radius 2 is 1.92 bits per heavy atom. The Balaban J connectivity index is 1.49. The number of ether oxygens (including phenoxy) is 1. The number of piperidine rings is 1. The third-order valence-corrected chi connectivity index (χ3v) is 4.39. The lowest BCUT2D eigenvalue weighted by molar-refractivity contribution is 0.134. The summed E-state index contributed by atoms with van der Waals surface area (Å²) in [6.07, 6.45) is 5.23. The molecule has 1 fully saturated rings. The Labute approximate surface area is 153 Å². The van der Waals surface area contributed by atoms with Crippen LogP contribution in [-0.2, 0) is 11.3 Å². The van der Waals surface area contributed by atoms with Crippen LogP contribution in [0.4, 0.5) is 16.4 Å². The maximum atomic E-state index is 12.4. The second-order valence-corrected chi connectivity index (χ2v) is 6.20. The van der Waals surface area contributed by atoms with E-state index < -0.39 is 0 Å². The molecule has 0 saturated carbocycles. The van der Waals surface area contributed by atoms with Crippen molar-refractivity contribution in [1.82, 2.24) is 15.3 Å². The zero-order valence-electron chi connectivity index (χ0n) is 15.0. The second-order valence-electron chi connectivity index (χ2n) is 6.20. The molecule has 2 aromatic rings. The standard InChI is InChI=1S/C19H25N5O2/c1-2-26-14-15-6-3-4-7-17(15)23-19(25)22-16-8-12-24(13-9-16)18-20-10-5-11-21-18/h3-7,10-11,16H,2,8-9,12-14H2,1H3,(H2,22,23,25). The number of hydrogen-bond donors (Lipinski definition) is 2. The van der Waals surface area contributed by atoms with Crippen LogP contribution in [0.15, 0.2) is 42.7 Å². The first kappa shape index (κ1) is 18.1. The normalized spacial score (nSPS) is 14.9. The number of benzene rings is 1. The minimum atomic E-state index is -0.177. The molecular formula is C19H25N5O2. The first-order chi connectivity index (χ1) is 12.8. The Bertz CT molecular complexity index is 702. The summed E-state index contributed by atoms with van der Waals surface area (Å²) in [4.78, 5) is 23.1. The summed E-state index contributed by atoms with van der Waals surface area (Å²) in [6.45, 7) is 4.74. The number of amides is 2. The predicted molar refractivity (Wildman–Crippen MR) is 101 cm³/mol. The van der Waals surface area contributed by atoms with E-state index >= 15 is 0 Å². The van der Waals surface area contributed by atoms with Gasteiger partial charge in [0.25, 0.3) is 0 Å². The van der Waals surface area contributed by atoms with Crippen LogP contribution in [0.2, 0.25) is 0 Å². The number of carbonyl (C=O) groups is 1. The highest BCUT2D eigenvalue weighted by atomic mass is 16.5. The molecule has 1 aliphatic rings. The highest BCUT2D eigenvalue weighted by molar-refractivity contribution is 5.90. The second kappa shape index (κ2) is 9.15. The van der Waals surface area contributed by atoms with Gasteiger partial charge in [-0.3, -0.25) is 0 Å². The summed E-state index contributed by atoms with van der Waals surface area (Å²) in [7, 11) is 0. The molecular weight excluding hydrogens is 330 g/mol. The quantitative estimate of drug-likeness (QED) is 0.833. The van der Waals surface area contributed by atoms with Crippen molar-refractivity contribution in [3.63, 3.8) is 0 Å². The average molecular weight is 355 g/mol. The van der Waals surface area contributed by atoms with E-state index in [0.717, 1.165) is 43.1 Å². The molecule has 2 amide bonds. The van der Waals surface area contributed by atoms with E-state index in [9.17, 15) is 4.79 Å². The van der Waals surface area contributed by atoms with Crippen LogP contribution in [0.25, 0.3) is 0 Å². The van der Waals surface area contributed by atoms with Crippen molar-refractivity contribution in [2.75, 3.05) is 29.9 Å². The molecule has 7 heteroatoms. The van der Waals surface area contributed by atoms with Gasteiger partial charge in [0.2, 0.25) is 5.95 Å². The topological polar surface area (TPSA) is 79.4 Å². The molecule has 2 N–H and O–H groups in total. The van der Waals surface area contributed by atoms with Gasteiger partial charge in [-0.05, 0) is 31.9 Å². The average Bonchev–Trinajstić information content (AvgIpc) is 2.68. The lowest BCUT2D eigenvalue weighted by Crippen LogP contribution is -2.46. The molecule has 1 aromatic heterocycles. The molecule has 2 heterocycles. The largest absolute Gasteiger partial charge is 0.377 e. The molecule has 26 heavy (non-hydrogen) atoms. The van der Waals surface area contributed by atoms with E-state index in [4.69, 9.17) is 4.74 Å². The number of aromatic nitrogens is 2. The minimum absolute atomic E-state index is 0.147. The van der Waals surface area contributed by atoms with E-state index in [2.05, 4.69) is 25.5 Å². The van der Waals surface area contributed by atoms with Gasteiger partial charge in [-0.25, -0.2) is 14.8 Å². The number of nitrogens with zero attached hydrogens (tertiary/aromatic N) is 3. The van der Waals surface area contributed by atoms with Crippen molar-refractivity contribution in [3.8, 4) is 0 Å². The molecule has 0 aliphatic carbocycles. The molecule has 0 bridgehead atoms. The van der Waals surface area contributed by atoms with Gasteiger partial charge in [0.15, 0.2) is 0 Å². The summed E-state index contributed by atoms with van der Waals surface area (Å²) in [6, 6.07) is 9.48. The number of carbonyl (C=O) groups excluding carboxylic acids is 1. The van der Waals surface area contributed by atoms with Crippen molar-refractivity contribution in [2.45, 2.75) is 32.4 Å². The highest BCUT2D eigenvalue weighted by Crippen LogP contribution is 2.18. The number of rotatable bonds is 6. The van der Waals surface area contributed by atoms with E-state index in [1.165, 1.54) is 0 Å². The molecule has 0 atom stereocenters. The fraction of sp³-hybridized carbons (Fsp3) is 0.421. The van der Waals surface area contributed by atoms with E-state index in [0.29, 0.717) is 13.2 Å². The van der Waals surface area contributed by atoms with E-state index in [-0.39, 0.29) is 12.1 Å². The lowest BCUT2D eigenvalue weighted by atomic mass is 10.1. The van der Waals surface area contributed by atoms with Gasteiger partial charge in [0.05, 0.1) is 6.61 Å². The van der Waals surface area contributed by atoms with Crippen molar-refractivity contribution < 1.29 is 9.53 Å². The number of nitrogens with one attached hydrogen (secondary N) is 2. The summed E-state index contributed by atoms with van der Waals surface area (Å²) < 4.78 is 5.46. The maximum Gasteiger partial charge on any atom is 0.319 e. The van der Waals surface area contributed by atoms with Gasteiger partial charge in [0.1, 0.15) is 0 Å². The number of hydrogen-bond acceptors (Lipinski definition) is 5. The number of urea groups is 1. The zero-order chi connectivity index (χ0) is 18.2. The fourth-order valence-corrected chi connectivity index (χ4v) is 3.00. The Hall–Kier alpha value is -2.67. The number of para-hydroxylation sites is 1. The first-order valence-electron chi connectivity index (χ1n) is 9.01. The SMILES string of the molecule is CCOCc1ccccc1NC(=O)NC1CCN(c2ncccn2)CC1. The zero-order valence-corrected chi connectivity index (χ0v) is 15.0. The van der Waals surface area contributed by atoms with Crippen LogP contribution >= 0.6 is 0 Å².